The number of aryl methyl sites for hydroxylation is 1. The Balaban J connectivity index is 2.11. The van der Waals surface area contributed by atoms with E-state index in [2.05, 4.69) is 24.3 Å². The lowest BCUT2D eigenvalue weighted by Crippen LogP contribution is -2.29. The maximum Gasteiger partial charge on any atom is 0.0982 e. The summed E-state index contributed by atoms with van der Waals surface area (Å²) < 4.78 is 1.81. The highest BCUT2D eigenvalue weighted by Crippen LogP contribution is 2.29. The predicted molar refractivity (Wildman–Crippen MR) is 90.8 cm³/mol. The van der Waals surface area contributed by atoms with Crippen LogP contribution in [0.25, 0.3) is 11.3 Å². The minimum absolute atomic E-state index is 0.0709. The molecule has 0 amide bonds. The topological polar surface area (TPSA) is 50.1 Å². The van der Waals surface area contributed by atoms with Crippen LogP contribution in [0.2, 0.25) is 5.02 Å². The first kappa shape index (κ1) is 17.0. The Morgan fingerprint density at radius 2 is 2.05 bits per heavy atom. The Bertz CT molecular complexity index is 622. The van der Waals surface area contributed by atoms with Crippen LogP contribution in [0.1, 0.15) is 25.8 Å². The van der Waals surface area contributed by atoms with Gasteiger partial charge < -0.3 is 10.4 Å². The lowest BCUT2D eigenvalue weighted by Gasteiger charge is -2.23. The van der Waals surface area contributed by atoms with Gasteiger partial charge in [-0.2, -0.15) is 5.10 Å². The third kappa shape index (κ3) is 4.32. The molecule has 0 saturated heterocycles. The van der Waals surface area contributed by atoms with E-state index in [9.17, 15) is 0 Å². The van der Waals surface area contributed by atoms with E-state index in [0.717, 1.165) is 36.3 Å². The standard InChI is InChI=1S/C17H24ClN3O/c1-17(2,8-9-22)12-19-10-13-11-21(3)20-16(13)14-6-4-5-7-15(14)18/h4-7,11,19,22H,8-10,12H2,1-3H3. The van der Waals surface area contributed by atoms with Crippen LogP contribution < -0.4 is 5.32 Å². The molecule has 0 fully saturated rings. The second-order valence-corrected chi connectivity index (χ2v) is 6.81. The van der Waals surface area contributed by atoms with Crippen LogP contribution in [0.4, 0.5) is 0 Å². The minimum atomic E-state index is 0.0709. The molecule has 120 valence electrons. The number of hydrogen-bond donors (Lipinski definition) is 2. The molecule has 2 rings (SSSR count). The van der Waals surface area contributed by atoms with Gasteiger partial charge in [-0.25, -0.2) is 0 Å². The number of aliphatic hydroxyl groups excluding tert-OH is 1. The third-order valence-electron chi connectivity index (χ3n) is 3.74. The predicted octanol–water partition coefficient (Wildman–Crippen LogP) is 3.24. The number of rotatable bonds is 7. The van der Waals surface area contributed by atoms with E-state index in [0.29, 0.717) is 5.02 Å². The number of aliphatic hydroxyl groups is 1. The number of nitrogens with one attached hydrogen (secondary N) is 1. The number of aromatic nitrogens is 2. The summed E-state index contributed by atoms with van der Waals surface area (Å²) >= 11 is 6.29. The number of hydrogen-bond acceptors (Lipinski definition) is 3. The molecule has 22 heavy (non-hydrogen) atoms. The van der Waals surface area contributed by atoms with Gasteiger partial charge in [0.2, 0.25) is 0 Å². The largest absolute Gasteiger partial charge is 0.396 e. The molecule has 0 saturated carbocycles. The van der Waals surface area contributed by atoms with Crippen molar-refractivity contribution in [2.45, 2.75) is 26.8 Å². The van der Waals surface area contributed by atoms with E-state index in [4.69, 9.17) is 16.7 Å². The van der Waals surface area contributed by atoms with Crippen molar-refractivity contribution in [1.82, 2.24) is 15.1 Å². The molecule has 0 bridgehead atoms. The average Bonchev–Trinajstić information content (AvgIpc) is 2.80. The van der Waals surface area contributed by atoms with Crippen molar-refractivity contribution in [2.75, 3.05) is 13.2 Å². The van der Waals surface area contributed by atoms with Gasteiger partial charge in [0.25, 0.3) is 0 Å². The second kappa shape index (κ2) is 7.27. The first-order valence-corrected chi connectivity index (χ1v) is 7.90. The molecule has 2 aromatic rings. The Labute approximate surface area is 137 Å². The molecule has 0 aliphatic heterocycles. The van der Waals surface area contributed by atoms with Crippen molar-refractivity contribution < 1.29 is 5.11 Å². The summed E-state index contributed by atoms with van der Waals surface area (Å²) in [6.45, 7) is 6.07. The summed E-state index contributed by atoms with van der Waals surface area (Å²) in [6.07, 6.45) is 2.80. The van der Waals surface area contributed by atoms with Gasteiger partial charge in [-0.05, 0) is 17.9 Å². The van der Waals surface area contributed by atoms with Crippen LogP contribution >= 0.6 is 11.6 Å². The van der Waals surface area contributed by atoms with Crippen LogP contribution in [0.15, 0.2) is 30.5 Å². The summed E-state index contributed by atoms with van der Waals surface area (Å²) in [5.41, 5.74) is 3.06. The van der Waals surface area contributed by atoms with Gasteiger partial charge in [0.1, 0.15) is 0 Å². The van der Waals surface area contributed by atoms with Gasteiger partial charge in [0.15, 0.2) is 0 Å². The summed E-state index contributed by atoms with van der Waals surface area (Å²) in [6, 6.07) is 7.76. The van der Waals surface area contributed by atoms with Gasteiger partial charge in [0.05, 0.1) is 10.7 Å². The molecule has 0 aliphatic carbocycles. The minimum Gasteiger partial charge on any atom is -0.396 e. The molecule has 0 spiro atoms. The zero-order valence-corrected chi connectivity index (χ0v) is 14.2. The molecule has 0 atom stereocenters. The van der Waals surface area contributed by atoms with Crippen LogP contribution in [0.5, 0.6) is 0 Å². The summed E-state index contributed by atoms with van der Waals surface area (Å²) in [5, 5.41) is 17.8. The van der Waals surface area contributed by atoms with Crippen LogP contribution in [-0.4, -0.2) is 28.0 Å². The zero-order valence-electron chi connectivity index (χ0n) is 13.4. The SMILES string of the molecule is Cn1cc(CNCC(C)(C)CCO)c(-c2ccccc2Cl)n1. The highest BCUT2D eigenvalue weighted by atomic mass is 35.5. The molecule has 1 heterocycles. The van der Waals surface area contributed by atoms with Crippen LogP contribution in [0, 0.1) is 5.41 Å². The average molecular weight is 322 g/mol. The molecule has 0 radical (unpaired) electrons. The summed E-state index contributed by atoms with van der Waals surface area (Å²) in [5.74, 6) is 0. The first-order chi connectivity index (χ1) is 10.4. The van der Waals surface area contributed by atoms with Gasteiger partial charge >= 0.3 is 0 Å². The lowest BCUT2D eigenvalue weighted by atomic mass is 9.90. The molecule has 1 aromatic carbocycles. The first-order valence-electron chi connectivity index (χ1n) is 7.52. The Kier molecular flexibility index (Phi) is 5.62. The molecule has 0 aliphatic rings. The smallest absolute Gasteiger partial charge is 0.0982 e. The highest BCUT2D eigenvalue weighted by molar-refractivity contribution is 6.33. The number of halogens is 1. The highest BCUT2D eigenvalue weighted by Gasteiger charge is 2.18. The second-order valence-electron chi connectivity index (χ2n) is 6.40. The summed E-state index contributed by atoms with van der Waals surface area (Å²) in [4.78, 5) is 0. The van der Waals surface area contributed by atoms with E-state index in [1.807, 2.05) is 42.2 Å². The third-order valence-corrected chi connectivity index (χ3v) is 4.07. The zero-order chi connectivity index (χ0) is 16.2. The molecule has 1 aromatic heterocycles. The lowest BCUT2D eigenvalue weighted by molar-refractivity contribution is 0.207. The molecular formula is C17H24ClN3O. The summed E-state index contributed by atoms with van der Waals surface area (Å²) in [7, 11) is 1.92. The molecular weight excluding hydrogens is 298 g/mol. The quantitative estimate of drug-likeness (QED) is 0.823. The van der Waals surface area contributed by atoms with Gasteiger partial charge in [-0.3, -0.25) is 4.68 Å². The van der Waals surface area contributed by atoms with E-state index in [1.165, 1.54) is 0 Å². The van der Waals surface area contributed by atoms with Gasteiger partial charge in [-0.15, -0.1) is 0 Å². The van der Waals surface area contributed by atoms with E-state index < -0.39 is 0 Å². The fourth-order valence-corrected chi connectivity index (χ4v) is 2.70. The normalized spacial score (nSPS) is 11.9. The monoisotopic (exact) mass is 321 g/mol. The Hall–Kier alpha value is -1.36. The van der Waals surface area contributed by atoms with Gasteiger partial charge in [0, 0.05) is 44.1 Å². The van der Waals surface area contributed by atoms with E-state index >= 15 is 0 Å². The van der Waals surface area contributed by atoms with Crippen molar-refractivity contribution in [3.05, 3.63) is 41.0 Å². The van der Waals surface area contributed by atoms with E-state index in [-0.39, 0.29) is 12.0 Å². The maximum atomic E-state index is 9.09. The van der Waals surface area contributed by atoms with Crippen LogP contribution in [-0.2, 0) is 13.6 Å². The van der Waals surface area contributed by atoms with Gasteiger partial charge in [-0.1, -0.05) is 43.6 Å². The fourth-order valence-electron chi connectivity index (χ4n) is 2.47. The van der Waals surface area contributed by atoms with Crippen LogP contribution in [0.3, 0.4) is 0 Å². The Morgan fingerprint density at radius 1 is 1.32 bits per heavy atom. The van der Waals surface area contributed by atoms with Crippen molar-refractivity contribution in [3.63, 3.8) is 0 Å². The van der Waals surface area contributed by atoms with Crippen molar-refractivity contribution in [1.29, 1.82) is 0 Å². The Morgan fingerprint density at radius 3 is 2.73 bits per heavy atom. The van der Waals surface area contributed by atoms with Crippen molar-refractivity contribution in [3.8, 4) is 11.3 Å². The fraction of sp³-hybridized carbons (Fsp3) is 0.471. The van der Waals surface area contributed by atoms with E-state index in [1.54, 1.807) is 0 Å². The molecule has 4 nitrogen and oxygen atoms in total. The molecule has 0 unspecified atom stereocenters. The maximum absolute atomic E-state index is 9.09. The van der Waals surface area contributed by atoms with Crippen molar-refractivity contribution >= 4 is 11.6 Å². The number of benzene rings is 1. The number of nitrogens with zero attached hydrogens (tertiary/aromatic N) is 2. The molecule has 2 N–H and O–H groups in total. The molecule has 5 heteroatoms. The van der Waals surface area contributed by atoms with Crippen molar-refractivity contribution in [2.24, 2.45) is 12.5 Å².